The van der Waals surface area contributed by atoms with Crippen molar-refractivity contribution in [3.8, 4) is 0 Å². The zero-order chi connectivity index (χ0) is 22.1. The number of piperidine rings is 1. The second kappa shape index (κ2) is 8.50. The molecule has 2 aliphatic heterocycles. The molecular formula is C22H20FN3O4S. The maximum absolute atomic E-state index is 15.1. The molecule has 0 radical (unpaired) electrons. The van der Waals surface area contributed by atoms with Gasteiger partial charge in [-0.3, -0.25) is 24.5 Å². The van der Waals surface area contributed by atoms with Crippen LogP contribution in [0.4, 0.5) is 4.39 Å². The van der Waals surface area contributed by atoms with E-state index in [1.54, 1.807) is 23.9 Å². The quantitative estimate of drug-likeness (QED) is 0.548. The molecule has 1 atom stereocenters. The van der Waals surface area contributed by atoms with Crippen molar-refractivity contribution < 1.29 is 23.6 Å². The number of rotatable bonds is 5. The van der Waals surface area contributed by atoms with Gasteiger partial charge in [0, 0.05) is 40.1 Å². The lowest BCUT2D eigenvalue weighted by molar-refractivity contribution is -0.136. The van der Waals surface area contributed by atoms with E-state index in [4.69, 9.17) is 0 Å². The molecule has 2 N–H and O–H groups in total. The summed E-state index contributed by atoms with van der Waals surface area (Å²) in [6, 6.07) is 9.27. The van der Waals surface area contributed by atoms with Crippen LogP contribution in [0.25, 0.3) is 0 Å². The summed E-state index contributed by atoms with van der Waals surface area (Å²) >= 11 is 1.57. The number of fused-ring (bicyclic) bond motifs is 1. The van der Waals surface area contributed by atoms with Crippen LogP contribution in [0.1, 0.15) is 44.7 Å². The Morgan fingerprint density at radius 1 is 1.19 bits per heavy atom. The molecule has 0 aromatic heterocycles. The highest BCUT2D eigenvalue weighted by atomic mass is 32.2. The standard InChI is InChI=1S/C22H20FN3O4S/c1-31-14-5-2-12(3-6-14)20(28)24-10-13-4-7-15-16(19(13)23)11-26(22(15)30)17-8-9-18(27)25-21(17)29/h2-7,17H,8-11H2,1H3,(H,24,28)(H,25,27,29). The number of amides is 4. The topological polar surface area (TPSA) is 95.6 Å². The number of hydrogen-bond donors (Lipinski definition) is 2. The molecule has 0 saturated carbocycles. The summed E-state index contributed by atoms with van der Waals surface area (Å²) in [5, 5.41) is 4.92. The molecule has 2 heterocycles. The summed E-state index contributed by atoms with van der Waals surface area (Å²) in [7, 11) is 0. The summed E-state index contributed by atoms with van der Waals surface area (Å²) in [6.45, 7) is -0.0843. The molecule has 31 heavy (non-hydrogen) atoms. The van der Waals surface area contributed by atoms with E-state index >= 15 is 4.39 Å². The number of nitrogens with one attached hydrogen (secondary N) is 2. The average Bonchev–Trinajstić information content (AvgIpc) is 3.10. The van der Waals surface area contributed by atoms with Crippen LogP contribution in [0.2, 0.25) is 0 Å². The van der Waals surface area contributed by atoms with Crippen molar-refractivity contribution in [2.45, 2.75) is 36.9 Å². The summed E-state index contributed by atoms with van der Waals surface area (Å²) in [4.78, 5) is 50.9. The molecule has 0 aliphatic carbocycles. The molecule has 1 unspecified atom stereocenters. The van der Waals surface area contributed by atoms with E-state index in [1.165, 1.54) is 17.0 Å². The second-order valence-electron chi connectivity index (χ2n) is 7.38. The SMILES string of the molecule is CSc1ccc(C(=O)NCc2ccc3c(c2F)CN(C2CCC(=O)NC2=O)C3=O)cc1. The van der Waals surface area contributed by atoms with E-state index in [2.05, 4.69) is 10.6 Å². The predicted octanol–water partition coefficient (Wildman–Crippen LogP) is 2.24. The fraction of sp³-hybridized carbons (Fsp3) is 0.273. The smallest absolute Gasteiger partial charge is 0.255 e. The van der Waals surface area contributed by atoms with Crippen LogP contribution in [0.5, 0.6) is 0 Å². The zero-order valence-electron chi connectivity index (χ0n) is 16.7. The van der Waals surface area contributed by atoms with Crippen molar-refractivity contribution in [3.63, 3.8) is 0 Å². The molecule has 0 spiro atoms. The number of carbonyl (C=O) groups is 4. The van der Waals surface area contributed by atoms with Crippen molar-refractivity contribution in [2.24, 2.45) is 0 Å². The molecular weight excluding hydrogens is 421 g/mol. The Kier molecular flexibility index (Phi) is 5.77. The molecule has 2 aliphatic rings. The molecule has 9 heteroatoms. The number of benzene rings is 2. The van der Waals surface area contributed by atoms with Crippen LogP contribution >= 0.6 is 11.8 Å². The van der Waals surface area contributed by atoms with Crippen LogP contribution in [-0.2, 0) is 22.7 Å². The van der Waals surface area contributed by atoms with Crippen LogP contribution in [0, 0.1) is 5.82 Å². The minimum absolute atomic E-state index is 0.0329. The fourth-order valence-electron chi connectivity index (χ4n) is 3.81. The van der Waals surface area contributed by atoms with Crippen molar-refractivity contribution >= 4 is 35.4 Å². The normalized spacial score (nSPS) is 18.1. The molecule has 160 valence electrons. The third-order valence-corrected chi connectivity index (χ3v) is 6.26. The molecule has 2 aromatic rings. The van der Waals surface area contributed by atoms with Crippen molar-refractivity contribution in [1.29, 1.82) is 0 Å². The van der Waals surface area contributed by atoms with Crippen LogP contribution < -0.4 is 10.6 Å². The minimum atomic E-state index is -0.801. The Balaban J connectivity index is 1.47. The lowest BCUT2D eigenvalue weighted by Crippen LogP contribution is -2.52. The molecule has 4 rings (SSSR count). The summed E-state index contributed by atoms with van der Waals surface area (Å²) in [5.41, 5.74) is 1.13. The maximum atomic E-state index is 15.1. The van der Waals surface area contributed by atoms with E-state index in [9.17, 15) is 19.2 Å². The van der Waals surface area contributed by atoms with E-state index in [-0.39, 0.29) is 54.4 Å². The number of thioether (sulfide) groups is 1. The molecule has 4 amide bonds. The Bertz CT molecular complexity index is 1090. The Morgan fingerprint density at radius 2 is 1.94 bits per heavy atom. The van der Waals surface area contributed by atoms with Gasteiger partial charge in [0.25, 0.3) is 11.8 Å². The van der Waals surface area contributed by atoms with Gasteiger partial charge in [-0.25, -0.2) is 4.39 Å². The monoisotopic (exact) mass is 441 g/mol. The van der Waals surface area contributed by atoms with Crippen molar-refractivity contribution in [1.82, 2.24) is 15.5 Å². The van der Waals surface area contributed by atoms with Crippen LogP contribution in [0.15, 0.2) is 41.3 Å². The minimum Gasteiger partial charge on any atom is -0.348 e. The van der Waals surface area contributed by atoms with Gasteiger partial charge in [-0.05, 0) is 43.0 Å². The van der Waals surface area contributed by atoms with Crippen molar-refractivity contribution in [2.75, 3.05) is 6.26 Å². The maximum Gasteiger partial charge on any atom is 0.255 e. The lowest BCUT2D eigenvalue weighted by Gasteiger charge is -2.29. The van der Waals surface area contributed by atoms with Gasteiger partial charge in [0.1, 0.15) is 11.9 Å². The van der Waals surface area contributed by atoms with Gasteiger partial charge < -0.3 is 10.2 Å². The highest BCUT2D eigenvalue weighted by Gasteiger charge is 2.40. The van der Waals surface area contributed by atoms with Crippen LogP contribution in [-0.4, -0.2) is 40.8 Å². The third kappa shape index (κ3) is 4.05. The third-order valence-electron chi connectivity index (χ3n) is 5.52. The molecule has 1 saturated heterocycles. The Labute approximate surface area is 182 Å². The van der Waals surface area contributed by atoms with Gasteiger partial charge in [-0.15, -0.1) is 11.8 Å². The lowest BCUT2D eigenvalue weighted by atomic mass is 10.0. The van der Waals surface area contributed by atoms with E-state index in [0.29, 0.717) is 5.56 Å². The van der Waals surface area contributed by atoms with Gasteiger partial charge in [0.2, 0.25) is 11.8 Å². The van der Waals surface area contributed by atoms with Crippen LogP contribution in [0.3, 0.4) is 0 Å². The molecule has 2 aromatic carbocycles. The summed E-state index contributed by atoms with van der Waals surface area (Å²) in [6.07, 6.45) is 2.29. The van der Waals surface area contributed by atoms with E-state index < -0.39 is 23.7 Å². The van der Waals surface area contributed by atoms with Gasteiger partial charge in [-0.1, -0.05) is 6.07 Å². The number of carbonyl (C=O) groups excluding carboxylic acids is 4. The Hall–Kier alpha value is -3.20. The highest BCUT2D eigenvalue weighted by Crippen LogP contribution is 2.30. The summed E-state index contributed by atoms with van der Waals surface area (Å²) in [5.74, 6) is -2.25. The number of nitrogens with zero attached hydrogens (tertiary/aromatic N) is 1. The second-order valence-corrected chi connectivity index (χ2v) is 8.26. The first-order valence-electron chi connectivity index (χ1n) is 9.76. The van der Waals surface area contributed by atoms with E-state index in [0.717, 1.165) is 4.90 Å². The number of hydrogen-bond acceptors (Lipinski definition) is 5. The number of halogens is 1. The van der Waals surface area contributed by atoms with E-state index in [1.807, 2.05) is 18.4 Å². The van der Waals surface area contributed by atoms with Gasteiger partial charge >= 0.3 is 0 Å². The Morgan fingerprint density at radius 3 is 2.61 bits per heavy atom. The first-order chi connectivity index (χ1) is 14.9. The summed E-state index contributed by atoms with van der Waals surface area (Å²) < 4.78 is 15.1. The molecule has 0 bridgehead atoms. The highest BCUT2D eigenvalue weighted by molar-refractivity contribution is 7.98. The predicted molar refractivity (Wildman–Crippen MR) is 112 cm³/mol. The zero-order valence-corrected chi connectivity index (χ0v) is 17.6. The number of imide groups is 1. The van der Waals surface area contributed by atoms with Gasteiger partial charge in [-0.2, -0.15) is 0 Å². The largest absolute Gasteiger partial charge is 0.348 e. The first-order valence-corrected chi connectivity index (χ1v) is 11.0. The van der Waals surface area contributed by atoms with Crippen molar-refractivity contribution in [3.05, 3.63) is 64.5 Å². The molecule has 1 fully saturated rings. The van der Waals surface area contributed by atoms with Gasteiger partial charge in [0.05, 0.1) is 6.54 Å². The average molecular weight is 441 g/mol. The fourth-order valence-corrected chi connectivity index (χ4v) is 4.22. The first kappa shape index (κ1) is 21.0. The molecule has 7 nitrogen and oxygen atoms in total. The van der Waals surface area contributed by atoms with Gasteiger partial charge in [0.15, 0.2) is 0 Å².